The van der Waals surface area contributed by atoms with Gasteiger partial charge in [0.25, 0.3) is 0 Å². The van der Waals surface area contributed by atoms with Crippen LogP contribution in [0, 0.1) is 5.92 Å². The van der Waals surface area contributed by atoms with Crippen molar-refractivity contribution in [3.05, 3.63) is 54.4 Å². The largest absolute Gasteiger partial charge is 0.381 e. The monoisotopic (exact) mass is 325 g/mol. The van der Waals surface area contributed by atoms with Gasteiger partial charge in [0.1, 0.15) is 0 Å². The average Bonchev–Trinajstić information content (AvgIpc) is 2.67. The summed E-state index contributed by atoms with van der Waals surface area (Å²) in [6, 6.07) is 11.6. The van der Waals surface area contributed by atoms with Gasteiger partial charge >= 0.3 is 0 Å². The molecule has 1 unspecified atom stereocenters. The number of nitrogens with two attached hydrogens (primary N) is 1. The Morgan fingerprint density at radius 1 is 1.12 bits per heavy atom. The second kappa shape index (κ2) is 8.04. The second-order valence-corrected chi connectivity index (χ2v) is 6.13. The van der Waals surface area contributed by atoms with Crippen molar-refractivity contribution >= 4 is 5.91 Å². The molecular weight excluding hydrogens is 302 g/mol. The lowest BCUT2D eigenvalue weighted by molar-refractivity contribution is -0.124. The zero-order valence-corrected chi connectivity index (χ0v) is 13.7. The van der Waals surface area contributed by atoms with Crippen LogP contribution in [0.4, 0.5) is 0 Å². The van der Waals surface area contributed by atoms with Crippen molar-refractivity contribution in [1.82, 2.24) is 10.3 Å². The zero-order valence-electron chi connectivity index (χ0n) is 13.7. The number of pyridine rings is 1. The van der Waals surface area contributed by atoms with E-state index in [4.69, 9.17) is 10.5 Å². The summed E-state index contributed by atoms with van der Waals surface area (Å²) in [6.45, 7) is 1.89. The number of carbonyl (C=O) groups is 1. The van der Waals surface area contributed by atoms with Gasteiger partial charge in [-0.25, -0.2) is 0 Å². The molecule has 2 heterocycles. The van der Waals surface area contributed by atoms with Crippen molar-refractivity contribution in [2.24, 2.45) is 11.7 Å². The molecule has 0 bridgehead atoms. The van der Waals surface area contributed by atoms with E-state index in [0.29, 0.717) is 19.8 Å². The minimum atomic E-state index is -0.454. The number of amides is 1. The molecule has 5 nitrogen and oxygen atoms in total. The van der Waals surface area contributed by atoms with Crippen LogP contribution in [0.3, 0.4) is 0 Å². The van der Waals surface area contributed by atoms with Crippen LogP contribution in [0.1, 0.15) is 18.4 Å². The summed E-state index contributed by atoms with van der Waals surface area (Å²) in [5.74, 6) is 0.132. The Balaban J connectivity index is 1.53. The Bertz CT molecular complexity index is 652. The van der Waals surface area contributed by atoms with Crippen LogP contribution < -0.4 is 11.1 Å². The maximum atomic E-state index is 12.2. The van der Waals surface area contributed by atoms with E-state index in [0.717, 1.165) is 29.5 Å². The highest BCUT2D eigenvalue weighted by molar-refractivity contribution is 5.81. The van der Waals surface area contributed by atoms with Gasteiger partial charge < -0.3 is 15.8 Å². The summed E-state index contributed by atoms with van der Waals surface area (Å²) in [6.07, 6.45) is 5.27. The maximum absolute atomic E-state index is 12.2. The molecule has 24 heavy (non-hydrogen) atoms. The van der Waals surface area contributed by atoms with Crippen LogP contribution in [0.15, 0.2) is 48.8 Å². The lowest BCUT2D eigenvalue weighted by Crippen LogP contribution is -2.46. The van der Waals surface area contributed by atoms with Gasteiger partial charge in [0.2, 0.25) is 5.91 Å². The van der Waals surface area contributed by atoms with E-state index < -0.39 is 6.04 Å². The van der Waals surface area contributed by atoms with Crippen LogP contribution >= 0.6 is 0 Å². The number of benzene rings is 1. The minimum absolute atomic E-state index is 0.0832. The van der Waals surface area contributed by atoms with Gasteiger partial charge in [-0.2, -0.15) is 0 Å². The summed E-state index contributed by atoms with van der Waals surface area (Å²) in [5.41, 5.74) is 9.40. The molecule has 1 aromatic heterocycles. The molecule has 1 atom stereocenters. The Labute approximate surface area is 142 Å². The zero-order chi connectivity index (χ0) is 16.8. The summed E-state index contributed by atoms with van der Waals surface area (Å²) in [4.78, 5) is 16.2. The molecule has 3 rings (SSSR count). The number of rotatable bonds is 5. The quantitative estimate of drug-likeness (QED) is 0.883. The first-order chi connectivity index (χ1) is 11.7. The molecule has 126 valence electrons. The van der Waals surface area contributed by atoms with E-state index in [-0.39, 0.29) is 11.8 Å². The number of carbonyl (C=O) groups excluding carboxylic acids is 1. The Kier molecular flexibility index (Phi) is 5.56. The first-order valence-corrected chi connectivity index (χ1v) is 8.34. The van der Waals surface area contributed by atoms with Gasteiger partial charge in [-0.3, -0.25) is 9.78 Å². The lowest BCUT2D eigenvalue weighted by Gasteiger charge is -2.26. The Morgan fingerprint density at radius 3 is 2.42 bits per heavy atom. The third-order valence-electron chi connectivity index (χ3n) is 4.51. The summed E-state index contributed by atoms with van der Waals surface area (Å²) >= 11 is 0. The fourth-order valence-corrected chi connectivity index (χ4v) is 2.96. The molecule has 1 saturated heterocycles. The van der Waals surface area contributed by atoms with Crippen LogP contribution in [-0.2, 0) is 16.1 Å². The first kappa shape index (κ1) is 16.6. The normalized spacial score (nSPS) is 16.5. The second-order valence-electron chi connectivity index (χ2n) is 6.13. The number of hydrogen-bond donors (Lipinski definition) is 2. The van der Waals surface area contributed by atoms with E-state index >= 15 is 0 Å². The van der Waals surface area contributed by atoms with Gasteiger partial charge in [0.15, 0.2) is 0 Å². The summed E-state index contributed by atoms with van der Waals surface area (Å²) in [7, 11) is 0. The van der Waals surface area contributed by atoms with Gasteiger partial charge in [-0.05, 0) is 47.6 Å². The molecule has 1 fully saturated rings. The van der Waals surface area contributed by atoms with Crippen molar-refractivity contribution < 1.29 is 9.53 Å². The molecule has 0 spiro atoms. The highest BCUT2D eigenvalue weighted by atomic mass is 16.5. The van der Waals surface area contributed by atoms with Crippen molar-refractivity contribution in [1.29, 1.82) is 0 Å². The van der Waals surface area contributed by atoms with E-state index in [1.807, 2.05) is 24.3 Å². The molecule has 0 radical (unpaired) electrons. The molecule has 2 aromatic rings. The molecule has 0 aliphatic carbocycles. The van der Waals surface area contributed by atoms with Gasteiger partial charge in [0.05, 0.1) is 6.04 Å². The fourth-order valence-electron chi connectivity index (χ4n) is 2.96. The predicted octanol–water partition coefficient (Wildman–Crippen LogP) is 2.12. The molecule has 1 amide bonds. The molecule has 1 aliphatic rings. The van der Waals surface area contributed by atoms with Gasteiger partial charge in [-0.15, -0.1) is 0 Å². The lowest BCUT2D eigenvalue weighted by atomic mass is 9.92. The van der Waals surface area contributed by atoms with Crippen LogP contribution in [0.5, 0.6) is 0 Å². The van der Waals surface area contributed by atoms with E-state index in [9.17, 15) is 4.79 Å². The number of nitrogens with one attached hydrogen (secondary N) is 1. The van der Waals surface area contributed by atoms with Crippen molar-refractivity contribution in [3.8, 4) is 11.1 Å². The standard InChI is InChI=1S/C19H23N3O2/c20-18(17-7-11-24-12-8-17)19(23)22-13-14-1-3-15(4-2-14)16-5-9-21-10-6-16/h1-6,9-10,17-18H,7-8,11-13,20H2,(H,22,23). The van der Waals surface area contributed by atoms with Crippen LogP contribution in [0.2, 0.25) is 0 Å². The third-order valence-corrected chi connectivity index (χ3v) is 4.51. The van der Waals surface area contributed by atoms with E-state index in [1.165, 1.54) is 0 Å². The SMILES string of the molecule is NC(C(=O)NCc1ccc(-c2ccncc2)cc1)C1CCOCC1. The number of nitrogens with zero attached hydrogens (tertiary/aromatic N) is 1. The Morgan fingerprint density at radius 2 is 1.75 bits per heavy atom. The summed E-state index contributed by atoms with van der Waals surface area (Å²) in [5, 5.41) is 2.94. The highest BCUT2D eigenvalue weighted by Crippen LogP contribution is 2.19. The first-order valence-electron chi connectivity index (χ1n) is 8.34. The molecular formula is C19H23N3O2. The van der Waals surface area contributed by atoms with Crippen LogP contribution in [-0.4, -0.2) is 30.1 Å². The summed E-state index contributed by atoms with van der Waals surface area (Å²) < 4.78 is 5.32. The highest BCUT2D eigenvalue weighted by Gasteiger charge is 2.26. The van der Waals surface area contributed by atoms with E-state index in [1.54, 1.807) is 12.4 Å². The van der Waals surface area contributed by atoms with Crippen molar-refractivity contribution in [2.45, 2.75) is 25.4 Å². The number of aromatic nitrogens is 1. The maximum Gasteiger partial charge on any atom is 0.237 e. The fraction of sp³-hybridized carbons (Fsp3) is 0.368. The smallest absolute Gasteiger partial charge is 0.237 e. The molecule has 1 aromatic carbocycles. The average molecular weight is 325 g/mol. The van der Waals surface area contributed by atoms with Gasteiger partial charge in [-0.1, -0.05) is 24.3 Å². The predicted molar refractivity (Wildman–Crippen MR) is 93.0 cm³/mol. The Hall–Kier alpha value is -2.24. The van der Waals surface area contributed by atoms with E-state index in [2.05, 4.69) is 22.4 Å². The number of hydrogen-bond acceptors (Lipinski definition) is 4. The van der Waals surface area contributed by atoms with Crippen molar-refractivity contribution in [2.75, 3.05) is 13.2 Å². The molecule has 3 N–H and O–H groups in total. The molecule has 5 heteroatoms. The number of ether oxygens (including phenoxy) is 1. The topological polar surface area (TPSA) is 77.2 Å². The minimum Gasteiger partial charge on any atom is -0.381 e. The van der Waals surface area contributed by atoms with Crippen LogP contribution in [0.25, 0.3) is 11.1 Å². The van der Waals surface area contributed by atoms with Crippen molar-refractivity contribution in [3.63, 3.8) is 0 Å². The van der Waals surface area contributed by atoms with Gasteiger partial charge in [0, 0.05) is 32.2 Å². The molecule has 1 aliphatic heterocycles. The third kappa shape index (κ3) is 4.19. The molecule has 0 saturated carbocycles.